The summed E-state index contributed by atoms with van der Waals surface area (Å²) in [5.74, 6) is 0.103. The van der Waals surface area contributed by atoms with E-state index in [1.807, 2.05) is 63.2 Å². The van der Waals surface area contributed by atoms with Crippen LogP contribution in [0.15, 0.2) is 42.5 Å². The fourth-order valence-corrected chi connectivity index (χ4v) is 2.18. The molecule has 0 unspecified atom stereocenters. The molecule has 3 heteroatoms. The fraction of sp³-hybridized carbons (Fsp3) is 0.235. The molecule has 0 amide bonds. The molecule has 0 radical (unpaired) electrons. The number of carbonyl (C=O) groups is 1. The molecule has 2 aromatic rings. The second-order valence-corrected chi connectivity index (χ2v) is 5.51. The molecular weight excluding hydrogens is 270 g/mol. The van der Waals surface area contributed by atoms with E-state index in [1.165, 1.54) is 0 Å². The van der Waals surface area contributed by atoms with Crippen molar-refractivity contribution in [2.24, 2.45) is 5.92 Å². The Kier molecular flexibility index (Phi) is 4.46. The second kappa shape index (κ2) is 6.10. The van der Waals surface area contributed by atoms with Gasteiger partial charge in [0, 0.05) is 27.9 Å². The van der Waals surface area contributed by atoms with Crippen molar-refractivity contribution in [2.45, 2.75) is 20.8 Å². The minimum absolute atomic E-state index is 0.0293. The third-order valence-corrected chi connectivity index (χ3v) is 3.66. The van der Waals surface area contributed by atoms with E-state index >= 15 is 0 Å². The van der Waals surface area contributed by atoms with Gasteiger partial charge in [-0.2, -0.15) is 0 Å². The summed E-state index contributed by atoms with van der Waals surface area (Å²) >= 11 is 6.13. The summed E-state index contributed by atoms with van der Waals surface area (Å²) in [4.78, 5) is 12.2. The Hall–Kier alpha value is -1.80. The van der Waals surface area contributed by atoms with Crippen LogP contribution in [0.5, 0.6) is 0 Å². The normalized spacial score (nSPS) is 10.7. The van der Waals surface area contributed by atoms with E-state index in [4.69, 9.17) is 11.6 Å². The zero-order valence-electron chi connectivity index (χ0n) is 11.9. The van der Waals surface area contributed by atoms with Gasteiger partial charge < -0.3 is 5.32 Å². The molecule has 0 aliphatic heterocycles. The summed E-state index contributed by atoms with van der Waals surface area (Å²) < 4.78 is 0. The Bertz CT molecular complexity index is 635. The van der Waals surface area contributed by atoms with Gasteiger partial charge in [-0.05, 0) is 36.8 Å². The average molecular weight is 288 g/mol. The first-order valence-corrected chi connectivity index (χ1v) is 7.04. The summed E-state index contributed by atoms with van der Waals surface area (Å²) in [7, 11) is 0. The molecule has 2 rings (SSSR count). The Morgan fingerprint density at radius 1 is 1.05 bits per heavy atom. The highest BCUT2D eigenvalue weighted by atomic mass is 35.5. The van der Waals surface area contributed by atoms with Crippen LogP contribution in [-0.2, 0) is 0 Å². The predicted octanol–water partition coefficient (Wildman–Crippen LogP) is 5.23. The average Bonchev–Trinajstić information content (AvgIpc) is 2.43. The lowest BCUT2D eigenvalue weighted by Crippen LogP contribution is -2.10. The summed E-state index contributed by atoms with van der Waals surface area (Å²) in [6, 6.07) is 13.3. The second-order valence-electron chi connectivity index (χ2n) is 5.10. The van der Waals surface area contributed by atoms with Crippen LogP contribution >= 0.6 is 11.6 Å². The maximum absolute atomic E-state index is 12.2. The molecule has 0 atom stereocenters. The third-order valence-electron chi connectivity index (χ3n) is 3.25. The van der Waals surface area contributed by atoms with Gasteiger partial charge in [0.15, 0.2) is 5.78 Å². The fourth-order valence-electron chi connectivity index (χ4n) is 2.01. The van der Waals surface area contributed by atoms with Crippen LogP contribution in [-0.4, -0.2) is 5.78 Å². The Morgan fingerprint density at radius 2 is 1.70 bits per heavy atom. The van der Waals surface area contributed by atoms with Crippen LogP contribution in [0.25, 0.3) is 0 Å². The van der Waals surface area contributed by atoms with E-state index in [2.05, 4.69) is 5.32 Å². The number of anilines is 2. The molecule has 2 aromatic carbocycles. The van der Waals surface area contributed by atoms with Crippen molar-refractivity contribution >= 4 is 28.8 Å². The number of ketones is 1. The van der Waals surface area contributed by atoms with Crippen molar-refractivity contribution < 1.29 is 4.79 Å². The zero-order chi connectivity index (χ0) is 14.7. The maximum atomic E-state index is 12.2. The van der Waals surface area contributed by atoms with Gasteiger partial charge in [-0.3, -0.25) is 4.79 Å². The van der Waals surface area contributed by atoms with Gasteiger partial charge in [-0.1, -0.05) is 43.6 Å². The van der Waals surface area contributed by atoms with E-state index in [0.717, 1.165) is 16.9 Å². The van der Waals surface area contributed by atoms with Gasteiger partial charge >= 0.3 is 0 Å². The van der Waals surface area contributed by atoms with Gasteiger partial charge in [0.1, 0.15) is 0 Å². The number of benzene rings is 2. The molecule has 0 saturated heterocycles. The van der Waals surface area contributed by atoms with Gasteiger partial charge in [-0.25, -0.2) is 0 Å². The highest BCUT2D eigenvalue weighted by Gasteiger charge is 2.15. The maximum Gasteiger partial charge on any atom is 0.167 e. The molecule has 0 spiro atoms. The molecule has 1 N–H and O–H groups in total. The van der Waals surface area contributed by atoms with Crippen molar-refractivity contribution in [1.82, 2.24) is 0 Å². The minimum Gasteiger partial charge on any atom is -0.355 e. The van der Waals surface area contributed by atoms with Crippen LogP contribution in [0.4, 0.5) is 11.4 Å². The number of rotatable bonds is 4. The number of para-hydroxylation sites is 1. The minimum atomic E-state index is -0.0293. The van der Waals surface area contributed by atoms with E-state index in [0.29, 0.717) is 10.6 Å². The molecule has 0 aromatic heterocycles. The molecule has 0 bridgehead atoms. The Morgan fingerprint density at radius 3 is 2.40 bits per heavy atom. The Balaban J connectivity index is 2.39. The third kappa shape index (κ3) is 3.02. The number of nitrogens with one attached hydrogen (secondary N) is 1. The van der Waals surface area contributed by atoms with E-state index in [1.54, 1.807) is 0 Å². The van der Waals surface area contributed by atoms with Crippen LogP contribution in [0.3, 0.4) is 0 Å². The smallest absolute Gasteiger partial charge is 0.167 e. The number of hydrogen-bond acceptors (Lipinski definition) is 2. The zero-order valence-corrected chi connectivity index (χ0v) is 12.7. The van der Waals surface area contributed by atoms with Gasteiger partial charge in [0.05, 0.1) is 0 Å². The first kappa shape index (κ1) is 14.6. The molecule has 0 saturated carbocycles. The van der Waals surface area contributed by atoms with Crippen molar-refractivity contribution in [3.8, 4) is 0 Å². The number of halogens is 1. The molecule has 2 nitrogen and oxygen atoms in total. The quantitative estimate of drug-likeness (QED) is 0.780. The predicted molar refractivity (Wildman–Crippen MR) is 85.1 cm³/mol. The highest BCUT2D eigenvalue weighted by molar-refractivity contribution is 6.31. The van der Waals surface area contributed by atoms with Crippen molar-refractivity contribution in [3.05, 3.63) is 58.6 Å². The largest absolute Gasteiger partial charge is 0.355 e. The van der Waals surface area contributed by atoms with Crippen LogP contribution in [0.2, 0.25) is 5.02 Å². The Labute approximate surface area is 124 Å². The van der Waals surface area contributed by atoms with Gasteiger partial charge in [0.2, 0.25) is 0 Å². The SMILES string of the molecule is Cc1c(Cl)cccc1Nc1ccccc1C(=O)C(C)C. The molecule has 0 aliphatic rings. The van der Waals surface area contributed by atoms with Crippen LogP contribution < -0.4 is 5.32 Å². The van der Waals surface area contributed by atoms with Crippen LogP contribution in [0, 0.1) is 12.8 Å². The van der Waals surface area contributed by atoms with Crippen molar-refractivity contribution in [3.63, 3.8) is 0 Å². The molecule has 104 valence electrons. The van der Waals surface area contributed by atoms with E-state index in [9.17, 15) is 4.79 Å². The summed E-state index contributed by atoms with van der Waals surface area (Å²) in [5.41, 5.74) is 3.42. The summed E-state index contributed by atoms with van der Waals surface area (Å²) in [6.45, 7) is 5.77. The first-order valence-electron chi connectivity index (χ1n) is 6.66. The molecule has 20 heavy (non-hydrogen) atoms. The molecule has 0 fully saturated rings. The summed E-state index contributed by atoms with van der Waals surface area (Å²) in [5, 5.41) is 4.02. The topological polar surface area (TPSA) is 29.1 Å². The van der Waals surface area contributed by atoms with E-state index < -0.39 is 0 Å². The van der Waals surface area contributed by atoms with Crippen molar-refractivity contribution in [2.75, 3.05) is 5.32 Å². The lowest BCUT2D eigenvalue weighted by atomic mass is 9.99. The lowest BCUT2D eigenvalue weighted by Gasteiger charge is -2.15. The number of hydrogen-bond donors (Lipinski definition) is 1. The highest BCUT2D eigenvalue weighted by Crippen LogP contribution is 2.28. The standard InChI is InChI=1S/C17H18ClNO/c1-11(2)17(20)13-7-4-5-9-16(13)19-15-10-6-8-14(18)12(15)3/h4-11,19H,1-3H3. The number of Topliss-reactive ketones (excluding diaryl/α,β-unsaturated/α-hetero) is 1. The monoisotopic (exact) mass is 287 g/mol. The molecular formula is C17H18ClNO. The first-order chi connectivity index (χ1) is 9.50. The molecule has 0 aliphatic carbocycles. The lowest BCUT2D eigenvalue weighted by molar-refractivity contribution is 0.0940. The van der Waals surface area contributed by atoms with Crippen LogP contribution in [0.1, 0.15) is 29.8 Å². The van der Waals surface area contributed by atoms with Gasteiger partial charge in [0.25, 0.3) is 0 Å². The summed E-state index contributed by atoms with van der Waals surface area (Å²) in [6.07, 6.45) is 0. The molecule has 0 heterocycles. The van der Waals surface area contributed by atoms with E-state index in [-0.39, 0.29) is 11.7 Å². The number of carbonyl (C=O) groups excluding carboxylic acids is 1. The van der Waals surface area contributed by atoms with Gasteiger partial charge in [-0.15, -0.1) is 0 Å². The van der Waals surface area contributed by atoms with Crippen molar-refractivity contribution in [1.29, 1.82) is 0 Å².